The Kier molecular flexibility index (Phi) is 16.8. The highest BCUT2D eigenvalue weighted by Crippen LogP contribution is 2.25. The highest BCUT2D eigenvalue weighted by molar-refractivity contribution is 5.76. The standard InChI is InChI=1S/C26H51NO/c1-2-3-14-19-24-20-15-10-6-4-8-12-17-22-25(26(27)28)23-18-13-9-5-7-11-16-21-24/h24-25H,2-23H2,1H3,(H2,27,28). The minimum Gasteiger partial charge on any atom is -0.369 e. The molecule has 0 aliphatic heterocycles. The number of primary amides is 1. The quantitative estimate of drug-likeness (QED) is 0.469. The van der Waals surface area contributed by atoms with Gasteiger partial charge in [0.1, 0.15) is 0 Å². The number of hydrogen-bond acceptors (Lipinski definition) is 1. The zero-order valence-corrected chi connectivity index (χ0v) is 19.2. The number of rotatable bonds is 5. The summed E-state index contributed by atoms with van der Waals surface area (Å²) in [6.45, 7) is 2.32. The summed E-state index contributed by atoms with van der Waals surface area (Å²) in [5, 5.41) is 0. The molecule has 0 aromatic rings. The van der Waals surface area contributed by atoms with E-state index in [2.05, 4.69) is 6.92 Å². The fraction of sp³-hybridized carbons (Fsp3) is 0.962. The van der Waals surface area contributed by atoms with Gasteiger partial charge in [0.25, 0.3) is 0 Å². The molecule has 0 spiro atoms. The molecule has 0 radical (unpaired) electrons. The summed E-state index contributed by atoms with van der Waals surface area (Å²) in [6.07, 6.45) is 29.6. The van der Waals surface area contributed by atoms with E-state index in [4.69, 9.17) is 5.73 Å². The summed E-state index contributed by atoms with van der Waals surface area (Å²) >= 11 is 0. The van der Waals surface area contributed by atoms with E-state index in [1.54, 1.807) is 0 Å². The number of unbranched alkanes of at least 4 members (excludes halogenated alkanes) is 2. The van der Waals surface area contributed by atoms with Crippen LogP contribution in [0.2, 0.25) is 0 Å². The SMILES string of the molecule is CCCCCC1CCCCCCCCCC(C(N)=O)CCCCCCCCC1. The summed E-state index contributed by atoms with van der Waals surface area (Å²) in [5.41, 5.74) is 5.63. The molecule has 0 aromatic heterocycles. The van der Waals surface area contributed by atoms with Crippen LogP contribution in [0.15, 0.2) is 0 Å². The molecular formula is C26H51NO. The lowest BCUT2D eigenvalue weighted by Crippen LogP contribution is -2.23. The van der Waals surface area contributed by atoms with Gasteiger partial charge in [-0.2, -0.15) is 0 Å². The Hall–Kier alpha value is -0.530. The van der Waals surface area contributed by atoms with Crippen LogP contribution in [0.3, 0.4) is 0 Å². The fourth-order valence-corrected chi connectivity index (χ4v) is 4.96. The molecule has 0 aromatic carbocycles. The Balaban J connectivity index is 2.33. The second-order valence-electron chi connectivity index (χ2n) is 9.57. The van der Waals surface area contributed by atoms with Crippen LogP contribution in [0.1, 0.15) is 148 Å². The molecule has 2 N–H and O–H groups in total. The van der Waals surface area contributed by atoms with Gasteiger partial charge in [0.2, 0.25) is 5.91 Å². The Labute approximate surface area is 176 Å². The van der Waals surface area contributed by atoms with Gasteiger partial charge < -0.3 is 5.73 Å². The lowest BCUT2D eigenvalue weighted by atomic mass is 9.89. The number of amides is 1. The van der Waals surface area contributed by atoms with Gasteiger partial charge in [-0.15, -0.1) is 0 Å². The van der Waals surface area contributed by atoms with Gasteiger partial charge in [0.15, 0.2) is 0 Å². The van der Waals surface area contributed by atoms with Crippen LogP contribution < -0.4 is 5.73 Å². The lowest BCUT2D eigenvalue weighted by molar-refractivity contribution is -0.122. The maximum atomic E-state index is 11.7. The number of hydrogen-bond donors (Lipinski definition) is 1. The van der Waals surface area contributed by atoms with Gasteiger partial charge in [0, 0.05) is 5.92 Å². The van der Waals surface area contributed by atoms with E-state index < -0.39 is 0 Å². The van der Waals surface area contributed by atoms with E-state index in [1.165, 1.54) is 128 Å². The van der Waals surface area contributed by atoms with Gasteiger partial charge in [-0.05, 0) is 18.8 Å². The zero-order chi connectivity index (χ0) is 20.3. The number of nitrogens with two attached hydrogens (primary N) is 1. The lowest BCUT2D eigenvalue weighted by Gasteiger charge is -2.17. The first-order chi connectivity index (χ1) is 13.7. The summed E-state index contributed by atoms with van der Waals surface area (Å²) in [7, 11) is 0. The third-order valence-corrected chi connectivity index (χ3v) is 6.95. The van der Waals surface area contributed by atoms with Gasteiger partial charge in [-0.1, -0.05) is 135 Å². The molecule has 1 amide bonds. The molecule has 1 fully saturated rings. The first-order valence-corrected chi connectivity index (χ1v) is 13.0. The first-order valence-electron chi connectivity index (χ1n) is 13.0. The van der Waals surface area contributed by atoms with Crippen LogP contribution in [0, 0.1) is 11.8 Å². The topological polar surface area (TPSA) is 43.1 Å². The zero-order valence-electron chi connectivity index (χ0n) is 19.2. The Morgan fingerprint density at radius 2 is 1.04 bits per heavy atom. The number of carbonyl (C=O) groups is 1. The molecular weight excluding hydrogens is 342 g/mol. The Bertz CT molecular complexity index is 332. The molecule has 1 saturated carbocycles. The average Bonchev–Trinajstić information content (AvgIpc) is 2.68. The molecule has 28 heavy (non-hydrogen) atoms. The molecule has 0 bridgehead atoms. The average molecular weight is 394 g/mol. The van der Waals surface area contributed by atoms with E-state index in [1.807, 2.05) is 0 Å². The minimum atomic E-state index is -0.0596. The molecule has 2 heteroatoms. The van der Waals surface area contributed by atoms with Crippen molar-refractivity contribution in [2.75, 3.05) is 0 Å². The van der Waals surface area contributed by atoms with Crippen LogP contribution >= 0.6 is 0 Å². The third-order valence-electron chi connectivity index (χ3n) is 6.95. The summed E-state index contributed by atoms with van der Waals surface area (Å²) < 4.78 is 0. The Morgan fingerprint density at radius 3 is 1.43 bits per heavy atom. The van der Waals surface area contributed by atoms with Crippen molar-refractivity contribution in [1.29, 1.82) is 0 Å². The Morgan fingerprint density at radius 1 is 0.643 bits per heavy atom. The van der Waals surface area contributed by atoms with Gasteiger partial charge in [-0.3, -0.25) is 4.79 Å². The maximum Gasteiger partial charge on any atom is 0.220 e. The predicted octanol–water partition coefficient (Wildman–Crippen LogP) is 8.32. The molecule has 166 valence electrons. The highest BCUT2D eigenvalue weighted by Gasteiger charge is 2.14. The number of carbonyl (C=O) groups excluding carboxylic acids is 1. The van der Waals surface area contributed by atoms with Crippen molar-refractivity contribution in [1.82, 2.24) is 0 Å². The molecule has 0 heterocycles. The largest absolute Gasteiger partial charge is 0.369 e. The van der Waals surface area contributed by atoms with E-state index in [9.17, 15) is 4.79 Å². The second-order valence-corrected chi connectivity index (χ2v) is 9.57. The smallest absolute Gasteiger partial charge is 0.220 e. The van der Waals surface area contributed by atoms with Crippen LogP contribution in [0.25, 0.3) is 0 Å². The minimum absolute atomic E-state index is 0.0596. The highest BCUT2D eigenvalue weighted by atomic mass is 16.1. The van der Waals surface area contributed by atoms with Gasteiger partial charge in [0.05, 0.1) is 0 Å². The van der Waals surface area contributed by atoms with Crippen molar-refractivity contribution >= 4 is 5.91 Å². The summed E-state index contributed by atoms with van der Waals surface area (Å²) in [5.74, 6) is 1.08. The van der Waals surface area contributed by atoms with Crippen molar-refractivity contribution in [3.05, 3.63) is 0 Å². The molecule has 1 aliphatic carbocycles. The van der Waals surface area contributed by atoms with Crippen LogP contribution in [0.5, 0.6) is 0 Å². The molecule has 1 aliphatic rings. The van der Waals surface area contributed by atoms with Gasteiger partial charge in [-0.25, -0.2) is 0 Å². The molecule has 0 atom stereocenters. The van der Waals surface area contributed by atoms with E-state index >= 15 is 0 Å². The van der Waals surface area contributed by atoms with Crippen molar-refractivity contribution < 1.29 is 4.79 Å². The van der Waals surface area contributed by atoms with Crippen LogP contribution in [0.4, 0.5) is 0 Å². The summed E-state index contributed by atoms with van der Waals surface area (Å²) in [4.78, 5) is 11.7. The van der Waals surface area contributed by atoms with Crippen molar-refractivity contribution in [3.63, 3.8) is 0 Å². The van der Waals surface area contributed by atoms with E-state index in [0.717, 1.165) is 18.8 Å². The fourth-order valence-electron chi connectivity index (χ4n) is 4.96. The second kappa shape index (κ2) is 18.5. The van der Waals surface area contributed by atoms with Gasteiger partial charge >= 0.3 is 0 Å². The third kappa shape index (κ3) is 14.5. The van der Waals surface area contributed by atoms with Crippen molar-refractivity contribution in [2.24, 2.45) is 17.6 Å². The van der Waals surface area contributed by atoms with Crippen molar-refractivity contribution in [3.8, 4) is 0 Å². The van der Waals surface area contributed by atoms with E-state index in [-0.39, 0.29) is 11.8 Å². The molecule has 0 saturated heterocycles. The van der Waals surface area contributed by atoms with Crippen LogP contribution in [-0.2, 0) is 4.79 Å². The van der Waals surface area contributed by atoms with Crippen LogP contribution in [-0.4, -0.2) is 5.91 Å². The predicted molar refractivity (Wildman–Crippen MR) is 123 cm³/mol. The monoisotopic (exact) mass is 393 g/mol. The first kappa shape index (κ1) is 25.5. The van der Waals surface area contributed by atoms with E-state index in [0.29, 0.717) is 0 Å². The maximum absolute atomic E-state index is 11.7. The normalized spacial score (nSPS) is 25.8. The summed E-state index contributed by atoms with van der Waals surface area (Å²) in [6, 6.07) is 0. The molecule has 1 rings (SSSR count). The van der Waals surface area contributed by atoms with Crippen molar-refractivity contribution in [2.45, 2.75) is 148 Å². The molecule has 0 unspecified atom stereocenters. The molecule has 2 nitrogen and oxygen atoms in total.